The standard InChI is InChI=1S/C12H15N3O2S/c1-7(2)10-12(18-15-14-10)11(16)8-4-9(17-3)6-13-5-8/h4-7,11,16H,1-3H3. The van der Waals surface area contributed by atoms with Crippen LogP contribution in [0.25, 0.3) is 0 Å². The zero-order chi connectivity index (χ0) is 13.1. The van der Waals surface area contributed by atoms with Crippen LogP contribution < -0.4 is 4.74 Å². The molecule has 2 aromatic rings. The molecule has 0 aliphatic heterocycles. The molecular formula is C12H15N3O2S. The van der Waals surface area contributed by atoms with Crippen LogP contribution in [0.5, 0.6) is 5.75 Å². The molecule has 18 heavy (non-hydrogen) atoms. The average Bonchev–Trinajstić information content (AvgIpc) is 2.87. The number of pyridine rings is 1. The molecule has 1 unspecified atom stereocenters. The Morgan fingerprint density at radius 3 is 2.78 bits per heavy atom. The molecule has 0 radical (unpaired) electrons. The number of aliphatic hydroxyl groups excluding tert-OH is 1. The van der Waals surface area contributed by atoms with Gasteiger partial charge >= 0.3 is 0 Å². The zero-order valence-corrected chi connectivity index (χ0v) is 11.3. The fourth-order valence-electron chi connectivity index (χ4n) is 1.64. The van der Waals surface area contributed by atoms with E-state index >= 15 is 0 Å². The first-order valence-electron chi connectivity index (χ1n) is 5.62. The Balaban J connectivity index is 2.35. The summed E-state index contributed by atoms with van der Waals surface area (Å²) in [5.74, 6) is 0.849. The lowest BCUT2D eigenvalue weighted by Crippen LogP contribution is -2.03. The van der Waals surface area contributed by atoms with E-state index in [4.69, 9.17) is 4.74 Å². The van der Waals surface area contributed by atoms with Gasteiger partial charge in [-0.2, -0.15) is 0 Å². The molecule has 5 nitrogen and oxygen atoms in total. The minimum absolute atomic E-state index is 0.229. The van der Waals surface area contributed by atoms with Crippen LogP contribution in [0, 0.1) is 0 Å². The number of hydrogen-bond donors (Lipinski definition) is 1. The lowest BCUT2D eigenvalue weighted by atomic mass is 10.0. The largest absolute Gasteiger partial charge is 0.495 e. The quantitative estimate of drug-likeness (QED) is 0.917. The van der Waals surface area contributed by atoms with Gasteiger partial charge in [0, 0.05) is 11.8 Å². The number of methoxy groups -OCH3 is 1. The van der Waals surface area contributed by atoms with Gasteiger partial charge in [-0.15, -0.1) is 5.10 Å². The number of aromatic nitrogens is 3. The van der Waals surface area contributed by atoms with Gasteiger partial charge in [0.15, 0.2) is 0 Å². The highest BCUT2D eigenvalue weighted by atomic mass is 32.1. The van der Waals surface area contributed by atoms with E-state index in [9.17, 15) is 5.11 Å². The molecule has 2 aromatic heterocycles. The van der Waals surface area contributed by atoms with Crippen molar-refractivity contribution in [1.29, 1.82) is 0 Å². The van der Waals surface area contributed by atoms with Crippen LogP contribution in [-0.2, 0) is 0 Å². The van der Waals surface area contributed by atoms with Crippen LogP contribution >= 0.6 is 11.5 Å². The van der Waals surface area contributed by atoms with Gasteiger partial charge in [-0.05, 0) is 23.5 Å². The van der Waals surface area contributed by atoms with Gasteiger partial charge in [0.25, 0.3) is 0 Å². The summed E-state index contributed by atoms with van der Waals surface area (Å²) in [7, 11) is 1.57. The topological polar surface area (TPSA) is 68.1 Å². The number of hydrogen-bond acceptors (Lipinski definition) is 6. The van der Waals surface area contributed by atoms with Crippen molar-refractivity contribution in [2.24, 2.45) is 0 Å². The second kappa shape index (κ2) is 5.41. The van der Waals surface area contributed by atoms with Gasteiger partial charge in [0.2, 0.25) is 0 Å². The van der Waals surface area contributed by atoms with Crippen LogP contribution in [-0.4, -0.2) is 26.8 Å². The van der Waals surface area contributed by atoms with Crippen LogP contribution in [0.15, 0.2) is 18.5 Å². The van der Waals surface area contributed by atoms with Crippen LogP contribution in [0.2, 0.25) is 0 Å². The Bertz CT molecular complexity index is 528. The molecule has 1 N–H and O–H groups in total. The maximum atomic E-state index is 10.4. The maximum Gasteiger partial charge on any atom is 0.137 e. The van der Waals surface area contributed by atoms with Gasteiger partial charge in [-0.1, -0.05) is 18.3 Å². The third kappa shape index (κ3) is 2.49. The number of nitrogens with zero attached hydrogens (tertiary/aromatic N) is 3. The van der Waals surface area contributed by atoms with E-state index in [-0.39, 0.29) is 5.92 Å². The molecule has 0 amide bonds. The van der Waals surface area contributed by atoms with Gasteiger partial charge < -0.3 is 9.84 Å². The van der Waals surface area contributed by atoms with Gasteiger partial charge in [0.05, 0.1) is 23.9 Å². The average molecular weight is 265 g/mol. The molecule has 0 aliphatic carbocycles. The second-order valence-corrected chi connectivity index (χ2v) is 5.02. The van der Waals surface area contributed by atoms with E-state index in [1.165, 1.54) is 11.5 Å². The van der Waals surface area contributed by atoms with E-state index in [1.807, 2.05) is 13.8 Å². The fourth-order valence-corrected chi connectivity index (χ4v) is 2.47. The Morgan fingerprint density at radius 1 is 1.33 bits per heavy atom. The van der Waals surface area contributed by atoms with Crippen molar-refractivity contribution in [3.63, 3.8) is 0 Å². The zero-order valence-electron chi connectivity index (χ0n) is 10.5. The predicted molar refractivity (Wildman–Crippen MR) is 68.8 cm³/mol. The first kappa shape index (κ1) is 12.9. The monoisotopic (exact) mass is 265 g/mol. The van der Waals surface area contributed by atoms with E-state index < -0.39 is 6.10 Å². The minimum atomic E-state index is -0.759. The number of rotatable bonds is 4. The van der Waals surface area contributed by atoms with Crippen LogP contribution in [0.3, 0.4) is 0 Å². The molecule has 0 saturated carbocycles. The highest BCUT2D eigenvalue weighted by molar-refractivity contribution is 7.05. The third-order valence-corrected chi connectivity index (χ3v) is 3.41. The summed E-state index contributed by atoms with van der Waals surface area (Å²) < 4.78 is 9.01. The van der Waals surface area contributed by atoms with Crippen molar-refractivity contribution in [3.8, 4) is 5.75 Å². The summed E-state index contributed by atoms with van der Waals surface area (Å²) >= 11 is 1.21. The van der Waals surface area contributed by atoms with E-state index in [2.05, 4.69) is 14.6 Å². The number of ether oxygens (including phenoxy) is 1. The minimum Gasteiger partial charge on any atom is -0.495 e. The highest BCUT2D eigenvalue weighted by Gasteiger charge is 2.21. The summed E-state index contributed by atoms with van der Waals surface area (Å²) in [5.41, 5.74) is 1.51. The lowest BCUT2D eigenvalue weighted by Gasteiger charge is -2.12. The van der Waals surface area contributed by atoms with Crippen molar-refractivity contribution in [1.82, 2.24) is 14.6 Å². The fraction of sp³-hybridized carbons (Fsp3) is 0.417. The van der Waals surface area contributed by atoms with Crippen molar-refractivity contribution in [2.75, 3.05) is 7.11 Å². The molecule has 1 atom stereocenters. The molecule has 0 bridgehead atoms. The molecule has 96 valence electrons. The Kier molecular flexibility index (Phi) is 3.88. The van der Waals surface area contributed by atoms with Crippen molar-refractivity contribution < 1.29 is 9.84 Å². The lowest BCUT2D eigenvalue weighted by molar-refractivity contribution is 0.221. The summed E-state index contributed by atoms with van der Waals surface area (Å²) in [6, 6.07) is 1.77. The maximum absolute atomic E-state index is 10.4. The van der Waals surface area contributed by atoms with Gasteiger partial charge in [0.1, 0.15) is 11.9 Å². The molecule has 6 heteroatoms. The molecule has 0 fully saturated rings. The second-order valence-electron chi connectivity index (χ2n) is 4.24. The van der Waals surface area contributed by atoms with Crippen LogP contribution in [0.4, 0.5) is 0 Å². The summed E-state index contributed by atoms with van der Waals surface area (Å²) in [6.45, 7) is 4.05. The molecular weight excluding hydrogens is 250 g/mol. The third-order valence-electron chi connectivity index (χ3n) is 2.62. The predicted octanol–water partition coefficient (Wildman–Crippen LogP) is 2.15. The molecule has 0 spiro atoms. The summed E-state index contributed by atoms with van der Waals surface area (Å²) in [5, 5.41) is 14.4. The summed E-state index contributed by atoms with van der Waals surface area (Å²) in [6.07, 6.45) is 2.46. The number of aliphatic hydroxyl groups is 1. The van der Waals surface area contributed by atoms with E-state index in [0.717, 1.165) is 10.6 Å². The first-order valence-corrected chi connectivity index (χ1v) is 6.40. The molecule has 0 aromatic carbocycles. The van der Waals surface area contributed by atoms with Crippen molar-refractivity contribution >= 4 is 11.5 Å². The smallest absolute Gasteiger partial charge is 0.137 e. The highest BCUT2D eigenvalue weighted by Crippen LogP contribution is 2.31. The first-order chi connectivity index (χ1) is 8.63. The Labute approximate surface area is 110 Å². The van der Waals surface area contributed by atoms with Crippen molar-refractivity contribution in [2.45, 2.75) is 25.9 Å². The Morgan fingerprint density at radius 2 is 2.11 bits per heavy atom. The normalized spacial score (nSPS) is 12.7. The molecule has 0 aliphatic rings. The van der Waals surface area contributed by atoms with Gasteiger partial charge in [-0.3, -0.25) is 4.98 Å². The SMILES string of the molecule is COc1cncc(C(O)c2snnc2C(C)C)c1. The van der Waals surface area contributed by atoms with Gasteiger partial charge in [-0.25, -0.2) is 0 Å². The Hall–Kier alpha value is -1.53. The van der Waals surface area contributed by atoms with Crippen LogP contribution in [0.1, 0.15) is 42.0 Å². The van der Waals surface area contributed by atoms with Crippen molar-refractivity contribution in [3.05, 3.63) is 34.6 Å². The molecule has 2 heterocycles. The van der Waals surface area contributed by atoms with E-state index in [1.54, 1.807) is 25.6 Å². The van der Waals surface area contributed by atoms with E-state index in [0.29, 0.717) is 11.3 Å². The molecule has 2 rings (SSSR count). The molecule has 0 saturated heterocycles. The summed E-state index contributed by atoms with van der Waals surface area (Å²) in [4.78, 5) is 4.80.